The molecule has 20 heavy (non-hydrogen) atoms. The molecule has 0 aliphatic heterocycles. The Morgan fingerprint density at radius 1 is 1.20 bits per heavy atom. The summed E-state index contributed by atoms with van der Waals surface area (Å²) in [5, 5.41) is 3.64. The molecule has 1 heterocycles. The molecule has 0 spiro atoms. The van der Waals surface area contributed by atoms with Gasteiger partial charge in [0.2, 0.25) is 0 Å². The minimum absolute atomic E-state index is 0.427. The van der Waals surface area contributed by atoms with Crippen molar-refractivity contribution >= 4 is 11.0 Å². The summed E-state index contributed by atoms with van der Waals surface area (Å²) in [5.74, 6) is 1.18. The molecule has 0 aliphatic carbocycles. The van der Waals surface area contributed by atoms with Gasteiger partial charge in [-0.25, -0.2) is 4.98 Å². The Hall–Kier alpha value is -1.35. The maximum atomic E-state index is 4.75. The van der Waals surface area contributed by atoms with Crippen LogP contribution < -0.4 is 5.32 Å². The predicted molar refractivity (Wildman–Crippen MR) is 86.2 cm³/mol. The fourth-order valence-corrected chi connectivity index (χ4v) is 2.83. The highest BCUT2D eigenvalue weighted by Gasteiger charge is 2.14. The molecule has 0 amide bonds. The molecule has 110 valence electrons. The number of hydrogen-bond acceptors (Lipinski definition) is 2. The van der Waals surface area contributed by atoms with Gasteiger partial charge >= 0.3 is 0 Å². The fourth-order valence-electron chi connectivity index (χ4n) is 2.83. The third-order valence-electron chi connectivity index (χ3n) is 3.91. The van der Waals surface area contributed by atoms with Crippen LogP contribution >= 0.6 is 0 Å². The Morgan fingerprint density at radius 3 is 2.65 bits per heavy atom. The molecule has 0 saturated heterocycles. The van der Waals surface area contributed by atoms with E-state index in [9.17, 15) is 0 Å². The molecule has 0 bridgehead atoms. The fraction of sp³-hybridized carbons (Fsp3) is 0.588. The molecule has 0 aliphatic rings. The number of benzene rings is 1. The van der Waals surface area contributed by atoms with E-state index in [-0.39, 0.29) is 0 Å². The lowest BCUT2D eigenvalue weighted by Gasteiger charge is -2.21. The van der Waals surface area contributed by atoms with Crippen molar-refractivity contribution in [1.29, 1.82) is 0 Å². The average Bonchev–Trinajstić information content (AvgIpc) is 2.83. The van der Waals surface area contributed by atoms with Gasteiger partial charge in [-0.3, -0.25) is 0 Å². The van der Waals surface area contributed by atoms with Crippen molar-refractivity contribution < 1.29 is 0 Å². The van der Waals surface area contributed by atoms with E-state index in [0.29, 0.717) is 12.1 Å². The van der Waals surface area contributed by atoms with Crippen LogP contribution in [-0.2, 0) is 6.42 Å². The first-order valence-corrected chi connectivity index (χ1v) is 7.86. The molecule has 2 unspecified atom stereocenters. The summed E-state index contributed by atoms with van der Waals surface area (Å²) < 4.78 is 2.39. The first kappa shape index (κ1) is 15.0. The summed E-state index contributed by atoms with van der Waals surface area (Å²) in [5.41, 5.74) is 2.36. The zero-order valence-electron chi connectivity index (χ0n) is 13.2. The predicted octanol–water partition coefficient (Wildman–Crippen LogP) is 3.94. The molecular weight excluding hydrogens is 246 g/mol. The van der Waals surface area contributed by atoms with E-state index in [2.05, 4.69) is 61.8 Å². The van der Waals surface area contributed by atoms with Crippen molar-refractivity contribution in [3.63, 3.8) is 0 Å². The second kappa shape index (κ2) is 6.89. The van der Waals surface area contributed by atoms with Crippen molar-refractivity contribution in [1.82, 2.24) is 14.9 Å². The molecule has 3 heteroatoms. The van der Waals surface area contributed by atoms with Gasteiger partial charge in [0.15, 0.2) is 0 Å². The van der Waals surface area contributed by atoms with Crippen molar-refractivity contribution in [3.8, 4) is 0 Å². The topological polar surface area (TPSA) is 29.9 Å². The van der Waals surface area contributed by atoms with E-state index in [1.165, 1.54) is 24.2 Å². The Bertz CT molecular complexity index is 544. The van der Waals surface area contributed by atoms with Gasteiger partial charge in [0.1, 0.15) is 5.82 Å². The van der Waals surface area contributed by atoms with E-state index >= 15 is 0 Å². The zero-order valence-corrected chi connectivity index (χ0v) is 13.2. The van der Waals surface area contributed by atoms with E-state index in [1.807, 2.05) is 0 Å². The number of aryl methyl sites for hydroxylation is 1. The lowest BCUT2D eigenvalue weighted by atomic mass is 10.2. The molecule has 2 aromatic rings. The second-order valence-electron chi connectivity index (χ2n) is 5.69. The van der Waals surface area contributed by atoms with Crippen molar-refractivity contribution in [2.75, 3.05) is 6.54 Å². The molecule has 0 fully saturated rings. The highest BCUT2D eigenvalue weighted by atomic mass is 15.1. The van der Waals surface area contributed by atoms with Crippen LogP contribution in [0.1, 0.15) is 52.4 Å². The molecular formula is C17H27N3. The number of imidazole rings is 1. The molecule has 2 atom stereocenters. The number of nitrogens with zero attached hydrogens (tertiary/aromatic N) is 2. The van der Waals surface area contributed by atoms with Crippen LogP contribution in [0.25, 0.3) is 11.0 Å². The van der Waals surface area contributed by atoms with E-state index < -0.39 is 0 Å². The van der Waals surface area contributed by atoms with Gasteiger partial charge in [0, 0.05) is 25.0 Å². The van der Waals surface area contributed by atoms with Crippen LogP contribution in [0.3, 0.4) is 0 Å². The Kier molecular flexibility index (Phi) is 5.18. The number of fused-ring (bicyclic) bond motifs is 1. The normalized spacial score (nSPS) is 14.6. The van der Waals surface area contributed by atoms with Crippen LogP contribution in [0.4, 0.5) is 0 Å². The molecule has 3 nitrogen and oxygen atoms in total. The highest BCUT2D eigenvalue weighted by Crippen LogP contribution is 2.21. The van der Waals surface area contributed by atoms with E-state index in [0.717, 1.165) is 18.5 Å². The first-order chi connectivity index (χ1) is 9.67. The summed E-state index contributed by atoms with van der Waals surface area (Å²) in [6, 6.07) is 9.45. The summed E-state index contributed by atoms with van der Waals surface area (Å²) in [7, 11) is 0. The minimum atomic E-state index is 0.427. The van der Waals surface area contributed by atoms with Gasteiger partial charge in [-0.05, 0) is 32.4 Å². The quantitative estimate of drug-likeness (QED) is 0.828. The summed E-state index contributed by atoms with van der Waals surface area (Å²) >= 11 is 0. The lowest BCUT2D eigenvalue weighted by molar-refractivity contribution is 0.434. The maximum Gasteiger partial charge on any atom is 0.109 e. The van der Waals surface area contributed by atoms with Crippen molar-refractivity contribution in [2.24, 2.45) is 0 Å². The van der Waals surface area contributed by atoms with Crippen LogP contribution in [0.2, 0.25) is 0 Å². The summed E-state index contributed by atoms with van der Waals surface area (Å²) in [6.45, 7) is 9.95. The van der Waals surface area contributed by atoms with Crippen molar-refractivity contribution in [3.05, 3.63) is 30.1 Å². The number of aromatic nitrogens is 2. The van der Waals surface area contributed by atoms with Crippen LogP contribution in [-0.4, -0.2) is 22.1 Å². The third kappa shape index (κ3) is 3.21. The van der Waals surface area contributed by atoms with Gasteiger partial charge < -0.3 is 9.88 Å². The SMILES string of the molecule is CCCC(C)NCC(C)n1c(CC)nc2ccccc21. The van der Waals surface area contributed by atoms with Crippen LogP contribution in [0, 0.1) is 0 Å². The monoisotopic (exact) mass is 273 g/mol. The zero-order chi connectivity index (χ0) is 14.5. The minimum Gasteiger partial charge on any atom is -0.324 e. The van der Waals surface area contributed by atoms with Gasteiger partial charge in [0.25, 0.3) is 0 Å². The van der Waals surface area contributed by atoms with Gasteiger partial charge in [0.05, 0.1) is 11.0 Å². The van der Waals surface area contributed by atoms with Crippen LogP contribution in [0.5, 0.6) is 0 Å². The second-order valence-corrected chi connectivity index (χ2v) is 5.69. The third-order valence-corrected chi connectivity index (χ3v) is 3.91. The van der Waals surface area contributed by atoms with E-state index in [4.69, 9.17) is 4.98 Å². The Labute approximate surface area is 122 Å². The number of rotatable bonds is 7. The van der Waals surface area contributed by atoms with Gasteiger partial charge in [-0.1, -0.05) is 32.4 Å². The molecule has 2 rings (SSSR count). The summed E-state index contributed by atoms with van der Waals surface area (Å²) in [4.78, 5) is 4.75. The van der Waals surface area contributed by atoms with Gasteiger partial charge in [-0.15, -0.1) is 0 Å². The largest absolute Gasteiger partial charge is 0.324 e. The molecule has 0 saturated carbocycles. The highest BCUT2D eigenvalue weighted by molar-refractivity contribution is 5.76. The number of nitrogens with one attached hydrogen (secondary N) is 1. The summed E-state index contributed by atoms with van der Waals surface area (Å²) in [6.07, 6.45) is 3.44. The molecule has 1 N–H and O–H groups in total. The van der Waals surface area contributed by atoms with Crippen molar-refractivity contribution in [2.45, 2.75) is 59.0 Å². The molecule has 0 radical (unpaired) electrons. The number of hydrogen-bond donors (Lipinski definition) is 1. The Morgan fingerprint density at radius 2 is 1.95 bits per heavy atom. The molecule has 1 aromatic carbocycles. The maximum absolute atomic E-state index is 4.75. The standard InChI is InChI=1S/C17H27N3/c1-5-9-13(3)18-12-14(4)20-16-11-8-7-10-15(16)19-17(20)6-2/h7-8,10-11,13-14,18H,5-6,9,12H2,1-4H3. The number of para-hydroxylation sites is 2. The lowest BCUT2D eigenvalue weighted by Crippen LogP contribution is -2.31. The smallest absolute Gasteiger partial charge is 0.109 e. The van der Waals surface area contributed by atoms with E-state index in [1.54, 1.807) is 0 Å². The Balaban J connectivity index is 2.18. The average molecular weight is 273 g/mol. The van der Waals surface area contributed by atoms with Crippen LogP contribution in [0.15, 0.2) is 24.3 Å². The van der Waals surface area contributed by atoms with Gasteiger partial charge in [-0.2, -0.15) is 0 Å². The first-order valence-electron chi connectivity index (χ1n) is 7.86. The molecule has 1 aromatic heterocycles.